The molecule has 0 atom stereocenters. The van der Waals surface area contributed by atoms with Crippen LogP contribution in [-0.2, 0) is 24.7 Å². The molecule has 0 bridgehead atoms. The van der Waals surface area contributed by atoms with Gasteiger partial charge >= 0.3 is 0 Å². The van der Waals surface area contributed by atoms with Crippen LogP contribution in [0, 0.1) is 19.7 Å². The molecule has 0 spiro atoms. The van der Waals surface area contributed by atoms with Crippen molar-refractivity contribution in [1.82, 2.24) is 9.78 Å². The van der Waals surface area contributed by atoms with E-state index in [9.17, 15) is 9.18 Å². The van der Waals surface area contributed by atoms with Gasteiger partial charge in [0.2, 0.25) is 5.91 Å². The van der Waals surface area contributed by atoms with Crippen molar-refractivity contribution in [2.45, 2.75) is 39.5 Å². The van der Waals surface area contributed by atoms with Crippen molar-refractivity contribution in [2.24, 2.45) is 7.05 Å². The molecule has 1 aliphatic rings. The number of hydrogen-bond acceptors (Lipinski definition) is 2. The average molecular weight is 315 g/mol. The third-order valence-corrected chi connectivity index (χ3v) is 4.72. The summed E-state index contributed by atoms with van der Waals surface area (Å²) in [6.07, 6.45) is 2.73. The lowest BCUT2D eigenvalue weighted by molar-refractivity contribution is -0.118. The van der Waals surface area contributed by atoms with Gasteiger partial charge in [-0.2, -0.15) is 5.10 Å². The number of halogens is 1. The first-order valence-corrected chi connectivity index (χ1v) is 8.06. The molecule has 1 aromatic carbocycles. The standard InChI is InChI=1S/C18H22FN3O/c1-12-15(13(2)21(3)20-12)9-10-17(23)22-11-5-7-14-6-4-8-16(19)18(14)22/h4,6,8H,5,7,9-11H2,1-3H3. The minimum atomic E-state index is -0.302. The first-order chi connectivity index (χ1) is 11.0. The smallest absolute Gasteiger partial charge is 0.227 e. The average Bonchev–Trinajstić information content (AvgIpc) is 2.77. The number of hydrogen-bond donors (Lipinski definition) is 0. The Morgan fingerprint density at radius 1 is 1.35 bits per heavy atom. The van der Waals surface area contributed by atoms with Gasteiger partial charge in [0.1, 0.15) is 5.82 Å². The molecule has 0 aliphatic carbocycles. The van der Waals surface area contributed by atoms with Crippen LogP contribution in [0.4, 0.5) is 10.1 Å². The Kier molecular flexibility index (Phi) is 4.20. The van der Waals surface area contributed by atoms with E-state index < -0.39 is 0 Å². The second-order valence-electron chi connectivity index (χ2n) is 6.17. The molecule has 0 N–H and O–H groups in total. The van der Waals surface area contributed by atoms with E-state index in [0.717, 1.165) is 35.4 Å². The number of fused-ring (bicyclic) bond motifs is 1. The Morgan fingerprint density at radius 2 is 2.13 bits per heavy atom. The Balaban J connectivity index is 1.78. The monoisotopic (exact) mass is 315 g/mol. The summed E-state index contributed by atoms with van der Waals surface area (Å²) in [5, 5.41) is 4.38. The Bertz CT molecular complexity index is 751. The molecule has 0 saturated carbocycles. The van der Waals surface area contributed by atoms with E-state index in [0.29, 0.717) is 25.1 Å². The maximum Gasteiger partial charge on any atom is 0.227 e. The number of anilines is 1. The minimum Gasteiger partial charge on any atom is -0.309 e. The number of carbonyl (C=O) groups is 1. The lowest BCUT2D eigenvalue weighted by Crippen LogP contribution is -2.36. The third-order valence-electron chi connectivity index (χ3n) is 4.72. The second-order valence-corrected chi connectivity index (χ2v) is 6.17. The number of carbonyl (C=O) groups excluding carboxylic acids is 1. The summed E-state index contributed by atoms with van der Waals surface area (Å²) < 4.78 is 16.0. The lowest BCUT2D eigenvalue weighted by Gasteiger charge is -2.30. The fraction of sp³-hybridized carbons (Fsp3) is 0.444. The highest BCUT2D eigenvalue weighted by Crippen LogP contribution is 2.30. The van der Waals surface area contributed by atoms with Crippen LogP contribution in [0.1, 0.15) is 35.4 Å². The van der Waals surface area contributed by atoms with Gasteiger partial charge in [0.15, 0.2) is 0 Å². The molecule has 0 fully saturated rings. The normalized spacial score (nSPS) is 14.0. The van der Waals surface area contributed by atoms with Crippen molar-refractivity contribution in [3.63, 3.8) is 0 Å². The molecule has 0 saturated heterocycles. The molecule has 2 heterocycles. The fourth-order valence-corrected chi connectivity index (χ4v) is 3.40. The van der Waals surface area contributed by atoms with Gasteiger partial charge in [-0.3, -0.25) is 9.48 Å². The molecule has 23 heavy (non-hydrogen) atoms. The number of rotatable bonds is 3. The van der Waals surface area contributed by atoms with Crippen molar-refractivity contribution >= 4 is 11.6 Å². The maximum absolute atomic E-state index is 14.2. The second kappa shape index (κ2) is 6.14. The van der Waals surface area contributed by atoms with Gasteiger partial charge in [-0.15, -0.1) is 0 Å². The topological polar surface area (TPSA) is 38.1 Å². The molecule has 1 aromatic heterocycles. The van der Waals surface area contributed by atoms with Crippen molar-refractivity contribution < 1.29 is 9.18 Å². The zero-order valence-electron chi connectivity index (χ0n) is 13.9. The van der Waals surface area contributed by atoms with Gasteiger partial charge in [0.25, 0.3) is 0 Å². The van der Waals surface area contributed by atoms with Crippen LogP contribution in [0.25, 0.3) is 0 Å². The van der Waals surface area contributed by atoms with E-state index in [-0.39, 0.29) is 11.7 Å². The number of para-hydroxylation sites is 1. The highest BCUT2D eigenvalue weighted by atomic mass is 19.1. The van der Waals surface area contributed by atoms with E-state index in [1.807, 2.05) is 31.6 Å². The summed E-state index contributed by atoms with van der Waals surface area (Å²) in [5.74, 6) is -0.317. The van der Waals surface area contributed by atoms with Crippen molar-refractivity contribution in [2.75, 3.05) is 11.4 Å². The van der Waals surface area contributed by atoms with E-state index in [4.69, 9.17) is 0 Å². The first kappa shape index (κ1) is 15.7. The molecule has 122 valence electrons. The largest absolute Gasteiger partial charge is 0.309 e. The Morgan fingerprint density at radius 3 is 2.83 bits per heavy atom. The minimum absolute atomic E-state index is 0.0151. The van der Waals surface area contributed by atoms with E-state index in [1.165, 1.54) is 6.07 Å². The summed E-state index contributed by atoms with van der Waals surface area (Å²) in [6, 6.07) is 5.05. The third kappa shape index (κ3) is 2.87. The summed E-state index contributed by atoms with van der Waals surface area (Å²) in [7, 11) is 1.91. The van der Waals surface area contributed by atoms with Gasteiger partial charge in [0.05, 0.1) is 11.4 Å². The zero-order chi connectivity index (χ0) is 16.6. The van der Waals surface area contributed by atoms with Crippen molar-refractivity contribution in [1.29, 1.82) is 0 Å². The van der Waals surface area contributed by atoms with Gasteiger partial charge < -0.3 is 4.90 Å². The molecule has 0 unspecified atom stereocenters. The Labute approximate surface area is 135 Å². The molecule has 0 radical (unpaired) electrons. The van der Waals surface area contributed by atoms with E-state index >= 15 is 0 Å². The van der Waals surface area contributed by atoms with Crippen LogP contribution in [0.5, 0.6) is 0 Å². The summed E-state index contributed by atoms with van der Waals surface area (Å²) in [5.41, 5.74) is 4.57. The number of nitrogens with zero attached hydrogens (tertiary/aromatic N) is 3. The molecular formula is C18H22FN3O. The molecule has 1 amide bonds. The van der Waals surface area contributed by atoms with Crippen LogP contribution in [0.2, 0.25) is 0 Å². The van der Waals surface area contributed by atoms with Gasteiger partial charge in [0, 0.05) is 25.7 Å². The first-order valence-electron chi connectivity index (χ1n) is 8.06. The van der Waals surface area contributed by atoms with Crippen LogP contribution in [0.3, 0.4) is 0 Å². The molecule has 2 aromatic rings. The quantitative estimate of drug-likeness (QED) is 0.873. The molecule has 3 rings (SSSR count). The fourth-order valence-electron chi connectivity index (χ4n) is 3.40. The van der Waals surface area contributed by atoms with Crippen molar-refractivity contribution in [3.8, 4) is 0 Å². The Hall–Kier alpha value is -2.17. The van der Waals surface area contributed by atoms with Crippen LogP contribution in [0.15, 0.2) is 18.2 Å². The number of benzene rings is 1. The lowest BCUT2D eigenvalue weighted by atomic mass is 10.00. The van der Waals surface area contributed by atoms with E-state index in [2.05, 4.69) is 5.10 Å². The summed E-state index contributed by atoms with van der Waals surface area (Å²) >= 11 is 0. The van der Waals surface area contributed by atoms with E-state index in [1.54, 1.807) is 11.0 Å². The number of aryl methyl sites for hydroxylation is 3. The molecular weight excluding hydrogens is 293 g/mol. The highest BCUT2D eigenvalue weighted by molar-refractivity contribution is 5.94. The number of aromatic nitrogens is 2. The van der Waals surface area contributed by atoms with Gasteiger partial charge in [-0.25, -0.2) is 4.39 Å². The number of amides is 1. The van der Waals surface area contributed by atoms with Crippen LogP contribution >= 0.6 is 0 Å². The summed E-state index contributed by atoms with van der Waals surface area (Å²) in [6.45, 7) is 4.57. The highest BCUT2D eigenvalue weighted by Gasteiger charge is 2.25. The van der Waals surface area contributed by atoms with Crippen LogP contribution < -0.4 is 4.90 Å². The van der Waals surface area contributed by atoms with Crippen molar-refractivity contribution in [3.05, 3.63) is 46.5 Å². The van der Waals surface area contributed by atoms with Crippen LogP contribution in [-0.4, -0.2) is 22.2 Å². The van der Waals surface area contributed by atoms with Gasteiger partial charge in [-0.05, 0) is 50.3 Å². The predicted octanol–water partition coefficient (Wildman–Crippen LogP) is 3.09. The zero-order valence-corrected chi connectivity index (χ0v) is 13.9. The molecule has 1 aliphatic heterocycles. The predicted molar refractivity (Wildman–Crippen MR) is 88.1 cm³/mol. The maximum atomic E-state index is 14.2. The van der Waals surface area contributed by atoms with Gasteiger partial charge in [-0.1, -0.05) is 12.1 Å². The summed E-state index contributed by atoms with van der Waals surface area (Å²) in [4.78, 5) is 14.3. The molecule has 5 heteroatoms. The SMILES string of the molecule is Cc1nn(C)c(C)c1CCC(=O)N1CCCc2cccc(F)c21. The molecule has 4 nitrogen and oxygen atoms in total.